The Morgan fingerprint density at radius 3 is 2.52 bits per heavy atom. The molecule has 0 aliphatic heterocycles. The molecule has 3 aromatic rings. The molecule has 29 heavy (non-hydrogen) atoms. The van der Waals surface area contributed by atoms with Gasteiger partial charge in [0.15, 0.2) is 0 Å². The molecule has 0 fully saturated rings. The number of carbonyl (C=O) groups is 3. The number of amides is 2. The fourth-order valence-electron chi connectivity index (χ4n) is 2.89. The zero-order chi connectivity index (χ0) is 21.0. The highest BCUT2D eigenvalue weighted by Crippen LogP contribution is 2.28. The largest absolute Gasteiger partial charge is 0.462 e. The second-order valence-corrected chi connectivity index (χ2v) is 7.22. The number of ether oxygens (including phenoxy) is 1. The molecule has 0 bridgehead atoms. The Balaban J connectivity index is 1.73. The van der Waals surface area contributed by atoms with Crippen LogP contribution in [0, 0.1) is 6.92 Å². The SMILES string of the molecule is CCOC(=O)c1c(C)oc(NC(=O)CSc2ccc3ccccc3c2)c1C(N)=O. The van der Waals surface area contributed by atoms with Crippen molar-refractivity contribution in [3.05, 3.63) is 59.4 Å². The Morgan fingerprint density at radius 2 is 1.83 bits per heavy atom. The third kappa shape index (κ3) is 4.60. The summed E-state index contributed by atoms with van der Waals surface area (Å²) in [5, 5.41) is 4.72. The van der Waals surface area contributed by atoms with Gasteiger partial charge in [0.05, 0.1) is 12.4 Å². The van der Waals surface area contributed by atoms with E-state index in [9.17, 15) is 14.4 Å². The lowest BCUT2D eigenvalue weighted by Crippen LogP contribution is -2.21. The van der Waals surface area contributed by atoms with Crippen molar-refractivity contribution in [3.8, 4) is 0 Å². The topological polar surface area (TPSA) is 112 Å². The van der Waals surface area contributed by atoms with Gasteiger partial charge in [0.2, 0.25) is 11.8 Å². The molecule has 0 unspecified atom stereocenters. The Bertz CT molecular complexity index is 1090. The first kappa shape index (κ1) is 20.5. The number of furan rings is 1. The maximum absolute atomic E-state index is 12.4. The third-order valence-corrected chi connectivity index (χ3v) is 5.15. The van der Waals surface area contributed by atoms with Gasteiger partial charge < -0.3 is 14.9 Å². The number of aryl methyl sites for hydroxylation is 1. The van der Waals surface area contributed by atoms with Crippen molar-refractivity contribution < 1.29 is 23.5 Å². The van der Waals surface area contributed by atoms with E-state index in [2.05, 4.69) is 5.32 Å². The molecule has 0 saturated heterocycles. The summed E-state index contributed by atoms with van der Waals surface area (Å²) in [5.74, 6) is -1.92. The predicted octanol–water partition coefficient (Wildman–Crippen LogP) is 3.75. The van der Waals surface area contributed by atoms with E-state index in [1.165, 1.54) is 18.7 Å². The van der Waals surface area contributed by atoms with Gasteiger partial charge in [0.25, 0.3) is 5.91 Å². The Hall–Kier alpha value is -3.26. The maximum atomic E-state index is 12.4. The number of nitrogens with two attached hydrogens (primary N) is 1. The number of benzene rings is 2. The number of primary amides is 1. The second-order valence-electron chi connectivity index (χ2n) is 6.17. The van der Waals surface area contributed by atoms with E-state index in [0.717, 1.165) is 15.7 Å². The summed E-state index contributed by atoms with van der Waals surface area (Å²) in [5.41, 5.74) is 5.13. The van der Waals surface area contributed by atoms with Crippen LogP contribution in [0.2, 0.25) is 0 Å². The van der Waals surface area contributed by atoms with Crippen molar-refractivity contribution in [2.45, 2.75) is 18.7 Å². The van der Waals surface area contributed by atoms with E-state index in [-0.39, 0.29) is 35.1 Å². The number of carbonyl (C=O) groups excluding carboxylic acids is 3. The van der Waals surface area contributed by atoms with Crippen molar-refractivity contribution >= 4 is 46.2 Å². The number of rotatable bonds is 7. The number of hydrogen-bond acceptors (Lipinski definition) is 6. The van der Waals surface area contributed by atoms with Crippen LogP contribution in [0.25, 0.3) is 10.8 Å². The van der Waals surface area contributed by atoms with E-state index in [4.69, 9.17) is 14.9 Å². The van der Waals surface area contributed by atoms with Gasteiger partial charge >= 0.3 is 5.97 Å². The van der Waals surface area contributed by atoms with Gasteiger partial charge in [-0.25, -0.2) is 4.79 Å². The smallest absolute Gasteiger partial charge is 0.342 e. The Kier molecular flexibility index (Phi) is 6.23. The number of anilines is 1. The average molecular weight is 412 g/mol. The highest BCUT2D eigenvalue weighted by Gasteiger charge is 2.29. The van der Waals surface area contributed by atoms with Crippen LogP contribution < -0.4 is 11.1 Å². The highest BCUT2D eigenvalue weighted by molar-refractivity contribution is 8.00. The van der Waals surface area contributed by atoms with Gasteiger partial charge in [-0.05, 0) is 36.8 Å². The Labute approximate surface area is 171 Å². The van der Waals surface area contributed by atoms with Crippen LogP contribution in [0.15, 0.2) is 51.8 Å². The summed E-state index contributed by atoms with van der Waals surface area (Å²) < 4.78 is 10.3. The molecular weight excluding hydrogens is 392 g/mol. The quantitative estimate of drug-likeness (QED) is 0.452. The summed E-state index contributed by atoms with van der Waals surface area (Å²) in [6.45, 7) is 3.27. The fraction of sp³-hybridized carbons (Fsp3) is 0.190. The van der Waals surface area contributed by atoms with Gasteiger partial charge in [-0.3, -0.25) is 14.9 Å². The molecule has 3 rings (SSSR count). The minimum atomic E-state index is -0.887. The van der Waals surface area contributed by atoms with Crippen molar-refractivity contribution in [3.63, 3.8) is 0 Å². The van der Waals surface area contributed by atoms with E-state index in [1.54, 1.807) is 6.92 Å². The number of esters is 1. The summed E-state index contributed by atoms with van der Waals surface area (Å²) in [7, 11) is 0. The zero-order valence-electron chi connectivity index (χ0n) is 16.0. The molecule has 0 aliphatic carbocycles. The summed E-state index contributed by atoms with van der Waals surface area (Å²) in [6.07, 6.45) is 0. The summed E-state index contributed by atoms with van der Waals surface area (Å²) >= 11 is 1.34. The molecule has 1 heterocycles. The van der Waals surface area contributed by atoms with Gasteiger partial charge in [0.1, 0.15) is 16.9 Å². The number of nitrogens with one attached hydrogen (secondary N) is 1. The lowest BCUT2D eigenvalue weighted by molar-refractivity contribution is -0.113. The lowest BCUT2D eigenvalue weighted by atomic mass is 10.1. The van der Waals surface area contributed by atoms with Crippen LogP contribution in [0.1, 0.15) is 33.4 Å². The van der Waals surface area contributed by atoms with Crippen LogP contribution in [-0.2, 0) is 9.53 Å². The van der Waals surface area contributed by atoms with Crippen molar-refractivity contribution in [2.75, 3.05) is 17.7 Å². The van der Waals surface area contributed by atoms with Crippen LogP contribution in [0.5, 0.6) is 0 Å². The minimum Gasteiger partial charge on any atom is -0.462 e. The molecule has 150 valence electrons. The zero-order valence-corrected chi connectivity index (χ0v) is 16.8. The first-order chi connectivity index (χ1) is 13.9. The third-order valence-electron chi connectivity index (χ3n) is 4.15. The fourth-order valence-corrected chi connectivity index (χ4v) is 3.63. The average Bonchev–Trinajstić information content (AvgIpc) is 3.02. The summed E-state index contributed by atoms with van der Waals surface area (Å²) in [4.78, 5) is 37.3. The van der Waals surface area contributed by atoms with Crippen LogP contribution in [0.3, 0.4) is 0 Å². The summed E-state index contributed by atoms with van der Waals surface area (Å²) in [6, 6.07) is 13.9. The van der Waals surface area contributed by atoms with E-state index < -0.39 is 17.8 Å². The van der Waals surface area contributed by atoms with Crippen LogP contribution >= 0.6 is 11.8 Å². The molecular formula is C21H20N2O5S. The minimum absolute atomic E-state index is 0.0724. The number of fused-ring (bicyclic) bond motifs is 1. The number of hydrogen-bond donors (Lipinski definition) is 2. The van der Waals surface area contributed by atoms with Gasteiger partial charge in [-0.1, -0.05) is 30.3 Å². The molecule has 3 N–H and O–H groups in total. The van der Waals surface area contributed by atoms with Gasteiger partial charge in [-0.2, -0.15) is 0 Å². The predicted molar refractivity (Wildman–Crippen MR) is 111 cm³/mol. The molecule has 7 nitrogen and oxygen atoms in total. The van der Waals surface area contributed by atoms with Crippen molar-refractivity contribution in [2.24, 2.45) is 5.73 Å². The first-order valence-corrected chi connectivity index (χ1v) is 9.91. The molecule has 0 atom stereocenters. The maximum Gasteiger partial charge on any atom is 0.342 e. The molecule has 0 radical (unpaired) electrons. The van der Waals surface area contributed by atoms with Crippen LogP contribution in [-0.4, -0.2) is 30.1 Å². The van der Waals surface area contributed by atoms with Crippen molar-refractivity contribution in [1.82, 2.24) is 0 Å². The normalized spacial score (nSPS) is 10.7. The van der Waals surface area contributed by atoms with Gasteiger partial charge in [-0.15, -0.1) is 11.8 Å². The molecule has 2 aromatic carbocycles. The molecule has 0 aliphatic rings. The first-order valence-electron chi connectivity index (χ1n) is 8.92. The van der Waals surface area contributed by atoms with Gasteiger partial charge in [0, 0.05) is 4.90 Å². The monoisotopic (exact) mass is 412 g/mol. The molecule has 1 aromatic heterocycles. The number of thioether (sulfide) groups is 1. The standard InChI is InChI=1S/C21H20N2O5S/c1-3-27-21(26)17-12(2)28-20(18(17)19(22)25)23-16(24)11-29-15-9-8-13-6-4-5-7-14(13)10-15/h4-10H,3,11H2,1-2H3,(H2,22,25)(H,23,24). The lowest BCUT2D eigenvalue weighted by Gasteiger charge is -2.06. The molecule has 8 heteroatoms. The van der Waals surface area contributed by atoms with E-state index in [1.807, 2.05) is 42.5 Å². The highest BCUT2D eigenvalue weighted by atomic mass is 32.2. The van der Waals surface area contributed by atoms with E-state index in [0.29, 0.717) is 0 Å². The Morgan fingerprint density at radius 1 is 1.10 bits per heavy atom. The molecule has 0 saturated carbocycles. The molecule has 0 spiro atoms. The van der Waals surface area contributed by atoms with Crippen LogP contribution in [0.4, 0.5) is 5.88 Å². The van der Waals surface area contributed by atoms with Crippen molar-refractivity contribution in [1.29, 1.82) is 0 Å². The van der Waals surface area contributed by atoms with E-state index >= 15 is 0 Å². The second kappa shape index (κ2) is 8.83. The molecule has 2 amide bonds.